The number of hydrogen-bond donors (Lipinski definition) is 2. The lowest BCUT2D eigenvalue weighted by molar-refractivity contribution is -0.385. The van der Waals surface area contributed by atoms with Gasteiger partial charge >= 0.3 is 0 Å². The van der Waals surface area contributed by atoms with E-state index in [4.69, 9.17) is 5.73 Å². The molecule has 1 aliphatic rings. The van der Waals surface area contributed by atoms with Crippen molar-refractivity contribution in [2.75, 3.05) is 18.8 Å². The maximum absolute atomic E-state index is 12.4. The summed E-state index contributed by atoms with van der Waals surface area (Å²) < 4.78 is 0. The lowest BCUT2D eigenvalue weighted by atomic mass is 9.95. The van der Waals surface area contributed by atoms with Gasteiger partial charge in [0.05, 0.1) is 16.7 Å². The van der Waals surface area contributed by atoms with Gasteiger partial charge in [-0.15, -0.1) is 0 Å². The molecule has 0 radical (unpaired) electrons. The third kappa shape index (κ3) is 2.57. The van der Waals surface area contributed by atoms with Gasteiger partial charge in [0.1, 0.15) is 5.56 Å². The van der Waals surface area contributed by atoms with Crippen molar-refractivity contribution in [2.24, 2.45) is 5.92 Å². The molecule has 1 aromatic carbocycles. The number of aliphatic hydroxyl groups excluding tert-OH is 1. The Bertz CT molecular complexity index is 546. The molecule has 7 nitrogen and oxygen atoms in total. The van der Waals surface area contributed by atoms with Gasteiger partial charge in [0.2, 0.25) is 0 Å². The fourth-order valence-electron chi connectivity index (χ4n) is 2.33. The Morgan fingerprint density at radius 1 is 1.55 bits per heavy atom. The van der Waals surface area contributed by atoms with Gasteiger partial charge in [-0.2, -0.15) is 0 Å². The van der Waals surface area contributed by atoms with Crippen molar-refractivity contribution in [1.29, 1.82) is 0 Å². The second-order valence-corrected chi connectivity index (χ2v) is 5.08. The molecule has 108 valence electrons. The molecular formula is C13H17N3O4. The summed E-state index contributed by atoms with van der Waals surface area (Å²) in [5, 5.41) is 20.8. The number of piperidine rings is 1. The fraction of sp³-hybridized carbons (Fsp3) is 0.462. The summed E-state index contributed by atoms with van der Waals surface area (Å²) in [6.45, 7) is 2.54. The minimum atomic E-state index is -0.618. The zero-order valence-electron chi connectivity index (χ0n) is 11.2. The number of β-amino-alcohol motifs (C(OH)–C–C–N with tert-alkyl or cyclic N) is 1. The molecule has 1 fully saturated rings. The standard InChI is InChI=1S/C13H17N3O4/c1-8-5-6-15(7-11(8)17)13(18)12-9(14)3-2-4-10(12)16(19)20/h2-4,8,11,17H,5-7,14H2,1H3/t8-,11-/m1/s1. The molecule has 0 unspecified atom stereocenters. The van der Waals surface area contributed by atoms with Gasteiger partial charge in [0.25, 0.3) is 11.6 Å². The van der Waals surface area contributed by atoms with Gasteiger partial charge in [-0.1, -0.05) is 13.0 Å². The maximum atomic E-state index is 12.4. The van der Waals surface area contributed by atoms with Crippen LogP contribution in [0, 0.1) is 16.0 Å². The molecule has 7 heteroatoms. The molecular weight excluding hydrogens is 262 g/mol. The van der Waals surface area contributed by atoms with Gasteiger partial charge in [0.15, 0.2) is 0 Å². The second-order valence-electron chi connectivity index (χ2n) is 5.08. The molecule has 20 heavy (non-hydrogen) atoms. The normalized spacial score (nSPS) is 22.6. The number of nitro groups is 1. The largest absolute Gasteiger partial charge is 0.398 e. The molecule has 0 saturated carbocycles. The van der Waals surface area contributed by atoms with E-state index in [9.17, 15) is 20.0 Å². The second kappa shape index (κ2) is 5.46. The molecule has 0 aromatic heterocycles. The molecule has 1 aromatic rings. The topological polar surface area (TPSA) is 110 Å². The lowest BCUT2D eigenvalue weighted by Gasteiger charge is -2.34. The van der Waals surface area contributed by atoms with Crippen LogP contribution in [0.3, 0.4) is 0 Å². The first-order valence-electron chi connectivity index (χ1n) is 6.42. The van der Waals surface area contributed by atoms with Gasteiger partial charge in [-0.3, -0.25) is 14.9 Å². The Morgan fingerprint density at radius 3 is 2.85 bits per heavy atom. The Morgan fingerprint density at radius 2 is 2.25 bits per heavy atom. The average molecular weight is 279 g/mol. The number of rotatable bonds is 2. The van der Waals surface area contributed by atoms with Crippen molar-refractivity contribution >= 4 is 17.3 Å². The van der Waals surface area contributed by atoms with Gasteiger partial charge in [-0.25, -0.2) is 0 Å². The predicted octanol–water partition coefficient (Wildman–Crippen LogP) is 1.02. The SMILES string of the molecule is C[C@@H]1CCN(C(=O)c2c(N)cccc2[N+](=O)[O-])C[C@H]1O. The highest BCUT2D eigenvalue weighted by Gasteiger charge is 2.32. The Labute approximate surface area is 116 Å². The molecule has 1 heterocycles. The van der Waals surface area contributed by atoms with E-state index in [1.807, 2.05) is 6.92 Å². The number of aliphatic hydroxyl groups is 1. The molecule has 0 bridgehead atoms. The number of carbonyl (C=O) groups is 1. The number of benzene rings is 1. The number of nitrogen functional groups attached to an aromatic ring is 1. The van der Waals surface area contributed by atoms with Crippen molar-refractivity contribution < 1.29 is 14.8 Å². The predicted molar refractivity (Wildman–Crippen MR) is 73.2 cm³/mol. The van der Waals surface area contributed by atoms with E-state index >= 15 is 0 Å². The summed E-state index contributed by atoms with van der Waals surface area (Å²) >= 11 is 0. The number of nitro benzene ring substituents is 1. The van der Waals surface area contributed by atoms with Gasteiger partial charge in [-0.05, 0) is 18.4 Å². The zero-order valence-corrected chi connectivity index (χ0v) is 11.2. The monoisotopic (exact) mass is 279 g/mol. The maximum Gasteiger partial charge on any atom is 0.284 e. The summed E-state index contributed by atoms with van der Waals surface area (Å²) in [4.78, 5) is 24.2. The number of hydrogen-bond acceptors (Lipinski definition) is 5. The average Bonchev–Trinajstić information content (AvgIpc) is 2.40. The smallest absolute Gasteiger partial charge is 0.284 e. The minimum Gasteiger partial charge on any atom is -0.398 e. The molecule has 1 saturated heterocycles. The summed E-state index contributed by atoms with van der Waals surface area (Å²) in [6, 6.07) is 4.16. The van der Waals surface area contributed by atoms with E-state index in [0.717, 1.165) is 0 Å². The lowest BCUT2D eigenvalue weighted by Crippen LogP contribution is -2.46. The van der Waals surface area contributed by atoms with Crippen LogP contribution in [0.15, 0.2) is 18.2 Å². The summed E-state index contributed by atoms with van der Waals surface area (Å²) in [6.07, 6.45) is 0.0460. The first kappa shape index (κ1) is 14.3. The quantitative estimate of drug-likeness (QED) is 0.477. The van der Waals surface area contributed by atoms with Gasteiger partial charge in [0, 0.05) is 19.2 Å². The van der Waals surface area contributed by atoms with Crippen LogP contribution in [-0.2, 0) is 0 Å². The van der Waals surface area contributed by atoms with Crippen LogP contribution < -0.4 is 5.73 Å². The molecule has 2 rings (SSSR count). The van der Waals surface area contributed by atoms with Gasteiger partial charge < -0.3 is 15.7 Å². The third-order valence-electron chi connectivity index (χ3n) is 3.69. The van der Waals surface area contributed by atoms with Crippen molar-refractivity contribution in [3.8, 4) is 0 Å². The van der Waals surface area contributed by atoms with Crippen LogP contribution in [-0.4, -0.2) is 40.0 Å². The molecule has 0 spiro atoms. The first-order valence-corrected chi connectivity index (χ1v) is 6.42. The van der Waals surface area contributed by atoms with Crippen LogP contribution >= 0.6 is 0 Å². The highest BCUT2D eigenvalue weighted by Crippen LogP contribution is 2.27. The van der Waals surface area contributed by atoms with E-state index in [0.29, 0.717) is 13.0 Å². The van der Waals surface area contributed by atoms with E-state index < -0.39 is 16.9 Å². The highest BCUT2D eigenvalue weighted by atomic mass is 16.6. The van der Waals surface area contributed by atoms with Crippen LogP contribution in [0.25, 0.3) is 0 Å². The van der Waals surface area contributed by atoms with Crippen molar-refractivity contribution in [3.63, 3.8) is 0 Å². The molecule has 0 aliphatic carbocycles. The summed E-state index contributed by atoms with van der Waals surface area (Å²) in [5.41, 5.74) is 5.39. The number of nitrogens with zero attached hydrogens (tertiary/aromatic N) is 2. The summed E-state index contributed by atoms with van der Waals surface area (Å²) in [7, 11) is 0. The zero-order chi connectivity index (χ0) is 14.9. The van der Waals surface area contributed by atoms with E-state index in [-0.39, 0.29) is 29.4 Å². The van der Waals surface area contributed by atoms with E-state index in [1.54, 1.807) is 0 Å². The first-order chi connectivity index (χ1) is 9.41. The number of nitrogens with two attached hydrogens (primary N) is 1. The number of likely N-dealkylation sites (tertiary alicyclic amines) is 1. The third-order valence-corrected chi connectivity index (χ3v) is 3.69. The van der Waals surface area contributed by atoms with Crippen molar-refractivity contribution in [2.45, 2.75) is 19.4 Å². The van der Waals surface area contributed by atoms with Crippen LogP contribution in [0.2, 0.25) is 0 Å². The Kier molecular flexibility index (Phi) is 3.89. The molecule has 1 amide bonds. The minimum absolute atomic E-state index is 0.0808. The van der Waals surface area contributed by atoms with Crippen molar-refractivity contribution in [3.05, 3.63) is 33.9 Å². The van der Waals surface area contributed by atoms with Crippen LogP contribution in [0.4, 0.5) is 11.4 Å². The fourth-order valence-corrected chi connectivity index (χ4v) is 2.33. The molecule has 1 aliphatic heterocycles. The summed E-state index contributed by atoms with van der Waals surface area (Å²) in [5.74, 6) is -0.386. The van der Waals surface area contributed by atoms with E-state index in [2.05, 4.69) is 0 Å². The number of amides is 1. The number of anilines is 1. The van der Waals surface area contributed by atoms with Crippen molar-refractivity contribution in [1.82, 2.24) is 4.90 Å². The van der Waals surface area contributed by atoms with E-state index in [1.165, 1.54) is 23.1 Å². The number of carbonyl (C=O) groups excluding carboxylic acids is 1. The van der Waals surface area contributed by atoms with Crippen LogP contribution in [0.5, 0.6) is 0 Å². The Hall–Kier alpha value is -2.15. The Balaban J connectivity index is 2.32. The molecule has 2 atom stereocenters. The van der Waals surface area contributed by atoms with Crippen LogP contribution in [0.1, 0.15) is 23.7 Å². The molecule has 3 N–H and O–H groups in total. The highest BCUT2D eigenvalue weighted by molar-refractivity contribution is 6.03.